The quantitative estimate of drug-likeness (QED) is 0.452. The lowest BCUT2D eigenvalue weighted by molar-refractivity contribution is -0.147. The summed E-state index contributed by atoms with van der Waals surface area (Å²) in [7, 11) is 3.44. The van der Waals surface area contributed by atoms with Gasteiger partial charge in [-0.1, -0.05) is 13.0 Å². The van der Waals surface area contributed by atoms with Crippen LogP contribution in [0, 0.1) is 5.82 Å². The molecule has 0 spiro atoms. The Morgan fingerprint density at radius 3 is 2.67 bits per heavy atom. The Morgan fingerprint density at radius 2 is 1.92 bits per heavy atom. The van der Waals surface area contributed by atoms with Gasteiger partial charge >= 0.3 is 0 Å². The predicted molar refractivity (Wildman–Crippen MR) is 130 cm³/mol. The third-order valence-corrected chi connectivity index (χ3v) is 7.06. The van der Waals surface area contributed by atoms with Gasteiger partial charge in [0.1, 0.15) is 17.7 Å². The van der Waals surface area contributed by atoms with Crippen LogP contribution in [0.1, 0.15) is 38.2 Å². The summed E-state index contributed by atoms with van der Waals surface area (Å²) in [4.78, 5) is 61.6. The highest BCUT2D eigenvalue weighted by Gasteiger charge is 2.47. The molecule has 3 amide bonds. The summed E-state index contributed by atoms with van der Waals surface area (Å²) in [6.07, 6.45) is 2.08. The summed E-state index contributed by atoms with van der Waals surface area (Å²) in [6.45, 7) is 2.79. The van der Waals surface area contributed by atoms with Crippen LogP contribution >= 0.6 is 0 Å². The van der Waals surface area contributed by atoms with E-state index >= 15 is 0 Å². The Balaban J connectivity index is 1.75. The highest BCUT2D eigenvalue weighted by Crippen LogP contribution is 2.25. The number of likely N-dealkylation sites (N-methyl/N-ethyl adjacent to an activating group) is 1. The molecule has 11 heteroatoms. The van der Waals surface area contributed by atoms with Crippen LogP contribution in [0.3, 0.4) is 0 Å². The number of carbonyl (C=O) groups is 4. The second kappa shape index (κ2) is 10.7. The number of ether oxygens (including phenoxy) is 1. The van der Waals surface area contributed by atoms with Crippen molar-refractivity contribution in [3.8, 4) is 0 Å². The summed E-state index contributed by atoms with van der Waals surface area (Å²) in [5, 5.41) is 2.70. The molecule has 0 saturated carbocycles. The molecule has 0 radical (unpaired) electrons. The molecule has 36 heavy (non-hydrogen) atoms. The smallest absolute Gasteiger partial charge is 0.298 e. The molecule has 1 aromatic carbocycles. The van der Waals surface area contributed by atoms with E-state index in [1.54, 1.807) is 13.1 Å². The van der Waals surface area contributed by atoms with Crippen molar-refractivity contribution in [3.05, 3.63) is 29.6 Å². The number of amides is 3. The van der Waals surface area contributed by atoms with Crippen molar-refractivity contribution in [1.29, 1.82) is 0 Å². The Morgan fingerprint density at radius 1 is 1.14 bits per heavy atom. The number of anilines is 1. The van der Waals surface area contributed by atoms with Gasteiger partial charge in [-0.05, 0) is 37.0 Å². The summed E-state index contributed by atoms with van der Waals surface area (Å²) in [6, 6.07) is 1.56. The first-order valence-electron chi connectivity index (χ1n) is 12.3. The van der Waals surface area contributed by atoms with E-state index in [9.17, 15) is 23.6 Å². The molecule has 1 aromatic rings. The minimum Gasteiger partial charge on any atom is -0.377 e. The topological polar surface area (TPSA) is 112 Å². The van der Waals surface area contributed by atoms with Crippen molar-refractivity contribution >= 4 is 35.0 Å². The largest absolute Gasteiger partial charge is 0.377 e. The maximum absolute atomic E-state index is 14.0. The van der Waals surface area contributed by atoms with Crippen LogP contribution in [0.4, 0.5) is 10.1 Å². The van der Waals surface area contributed by atoms with E-state index in [4.69, 9.17) is 4.74 Å². The van der Waals surface area contributed by atoms with Gasteiger partial charge in [0.2, 0.25) is 5.91 Å². The van der Waals surface area contributed by atoms with E-state index in [0.717, 1.165) is 0 Å². The molecule has 3 atom stereocenters. The number of nitrogens with zero attached hydrogens (tertiary/aromatic N) is 4. The van der Waals surface area contributed by atoms with Crippen molar-refractivity contribution in [3.63, 3.8) is 0 Å². The molecule has 3 heterocycles. The lowest BCUT2D eigenvalue weighted by Crippen LogP contribution is -2.61. The van der Waals surface area contributed by atoms with Gasteiger partial charge in [-0.3, -0.25) is 24.1 Å². The molecular weight excluding hydrogens is 469 g/mol. The minimum atomic E-state index is -1.57. The molecule has 194 valence electrons. The fourth-order valence-electron chi connectivity index (χ4n) is 4.84. The van der Waals surface area contributed by atoms with E-state index in [1.165, 1.54) is 21.9 Å². The van der Waals surface area contributed by atoms with Gasteiger partial charge in [0.15, 0.2) is 6.04 Å². The molecule has 1 unspecified atom stereocenters. The number of hydrogen-bond acceptors (Lipinski definition) is 7. The maximum atomic E-state index is 14.0. The van der Waals surface area contributed by atoms with Crippen LogP contribution in [-0.4, -0.2) is 91.1 Å². The molecule has 4 rings (SSSR count). The lowest BCUT2D eigenvalue weighted by Gasteiger charge is -2.37. The predicted octanol–water partition coefficient (Wildman–Crippen LogP) is 0.876. The zero-order valence-electron chi connectivity index (χ0n) is 20.8. The number of Topliss-reactive ketones (excluding diaryl/α,β-unsaturated/α-hetero) is 1. The number of carbonyl (C=O) groups excluding carboxylic acids is 4. The molecule has 3 aliphatic rings. The fraction of sp³-hybridized carbons (Fsp3) is 0.560. The van der Waals surface area contributed by atoms with Gasteiger partial charge in [0.05, 0.1) is 19.3 Å². The number of hydrogen-bond donors (Lipinski definition) is 1. The average molecular weight is 502 g/mol. The Kier molecular flexibility index (Phi) is 7.67. The van der Waals surface area contributed by atoms with Crippen molar-refractivity contribution < 1.29 is 28.3 Å². The Hall–Kier alpha value is -3.34. The maximum Gasteiger partial charge on any atom is 0.298 e. The van der Waals surface area contributed by atoms with Gasteiger partial charge in [-0.2, -0.15) is 0 Å². The molecule has 2 bridgehead atoms. The second-order valence-corrected chi connectivity index (χ2v) is 9.42. The van der Waals surface area contributed by atoms with Gasteiger partial charge in [0, 0.05) is 39.3 Å². The Labute approximate surface area is 209 Å². The molecule has 0 aliphatic carbocycles. The third-order valence-electron chi connectivity index (χ3n) is 7.06. The molecule has 0 aromatic heterocycles. The van der Waals surface area contributed by atoms with E-state index < -0.39 is 41.5 Å². The van der Waals surface area contributed by atoms with Gasteiger partial charge in [-0.25, -0.2) is 9.38 Å². The van der Waals surface area contributed by atoms with Gasteiger partial charge in [-0.15, -0.1) is 0 Å². The first kappa shape index (κ1) is 25.7. The normalized spacial score (nSPS) is 26.3. The second-order valence-electron chi connectivity index (χ2n) is 9.42. The zero-order valence-corrected chi connectivity index (χ0v) is 20.8. The monoisotopic (exact) mass is 501 g/mol. The number of fused-ring (bicyclic) bond motifs is 2. The lowest BCUT2D eigenvalue weighted by atomic mass is 10.0. The Bertz CT molecular complexity index is 1090. The van der Waals surface area contributed by atoms with Crippen LogP contribution in [-0.2, 0) is 30.5 Å². The number of nitrogens with one attached hydrogen (secondary N) is 1. The van der Waals surface area contributed by atoms with Crippen LogP contribution in [0.2, 0.25) is 0 Å². The van der Waals surface area contributed by atoms with Crippen LogP contribution < -0.4 is 10.2 Å². The highest BCUT2D eigenvalue weighted by molar-refractivity contribution is 6.46. The van der Waals surface area contributed by atoms with E-state index in [-0.39, 0.29) is 37.9 Å². The molecule has 1 saturated heterocycles. The third kappa shape index (κ3) is 4.97. The van der Waals surface area contributed by atoms with Crippen LogP contribution in [0.5, 0.6) is 0 Å². The SMILES string of the molecule is CC[C@H]1COC[C@@H]2C3=NC(C(=O)NCc4ccc(F)cc4N(C)CCCCC(=O)N2C)C(=O)C(=O)N31. The average Bonchev–Trinajstić information content (AvgIpc) is 3.05. The number of amidine groups is 1. The van der Waals surface area contributed by atoms with Crippen molar-refractivity contribution in [1.82, 2.24) is 15.1 Å². The zero-order chi connectivity index (χ0) is 26.0. The van der Waals surface area contributed by atoms with Gasteiger partial charge < -0.3 is 19.9 Å². The van der Waals surface area contributed by atoms with Crippen molar-refractivity contribution in [2.45, 2.75) is 57.3 Å². The number of ketones is 1. The first-order valence-corrected chi connectivity index (χ1v) is 12.3. The first-order chi connectivity index (χ1) is 17.2. The molecule has 1 N–H and O–H groups in total. The fourth-order valence-corrected chi connectivity index (χ4v) is 4.84. The number of aliphatic imine (C=N–C) groups is 1. The number of benzene rings is 1. The van der Waals surface area contributed by atoms with E-state index in [1.807, 2.05) is 18.9 Å². The standard InChI is InChI=1S/C25H32FN5O5/c1-4-17-13-36-14-19-23-28-21(22(33)25(35)31(17)23)24(34)27-12-15-8-9-16(26)11-18(15)29(2)10-6-5-7-20(32)30(19)3/h8-9,11,17,19,21H,4-7,10,12-14H2,1-3H3,(H,27,34)/t17-,19+,21?/m0/s1. The molecule has 3 aliphatic heterocycles. The van der Waals surface area contributed by atoms with E-state index in [2.05, 4.69) is 10.3 Å². The minimum absolute atomic E-state index is 0.0356. The summed E-state index contributed by atoms with van der Waals surface area (Å²) >= 11 is 0. The van der Waals surface area contributed by atoms with Crippen LogP contribution in [0.15, 0.2) is 23.2 Å². The van der Waals surface area contributed by atoms with Crippen molar-refractivity contribution in [2.24, 2.45) is 4.99 Å². The number of rotatable bonds is 1. The van der Waals surface area contributed by atoms with Gasteiger partial charge in [0.25, 0.3) is 17.6 Å². The summed E-state index contributed by atoms with van der Waals surface area (Å²) in [5.74, 6) is -2.85. The summed E-state index contributed by atoms with van der Waals surface area (Å²) < 4.78 is 19.8. The molecule has 1 fully saturated rings. The van der Waals surface area contributed by atoms with E-state index in [0.29, 0.717) is 37.1 Å². The molecule has 10 nitrogen and oxygen atoms in total. The number of halogens is 1. The van der Waals surface area contributed by atoms with Crippen molar-refractivity contribution in [2.75, 3.05) is 38.8 Å². The highest BCUT2D eigenvalue weighted by atomic mass is 19.1. The van der Waals surface area contributed by atoms with Crippen LogP contribution in [0.25, 0.3) is 0 Å². The summed E-state index contributed by atoms with van der Waals surface area (Å²) in [5.41, 5.74) is 1.26. The molecular formula is C25H32FN5O5.